The number of hydrogen-bond acceptors (Lipinski definition) is 6. The van der Waals surface area contributed by atoms with E-state index in [2.05, 4.69) is 0 Å². The Morgan fingerprint density at radius 2 is 1.10 bits per heavy atom. The van der Waals surface area contributed by atoms with Crippen molar-refractivity contribution in [3.05, 3.63) is 65.7 Å². The Morgan fingerprint density at radius 1 is 0.625 bits per heavy atom. The second-order valence-corrected chi connectivity index (χ2v) is 11.2. The molecule has 0 radical (unpaired) electrons. The number of Topliss-reactive ketones (excluding diaryl/α,β-unsaturated/α-hetero) is 1. The van der Waals surface area contributed by atoms with E-state index >= 15 is 0 Å². The van der Waals surface area contributed by atoms with Crippen LogP contribution in [0.1, 0.15) is 72.1 Å². The fraction of sp³-hybridized carbons (Fsp3) is 0.419. The van der Waals surface area contributed by atoms with Crippen molar-refractivity contribution < 1.29 is 28.8 Å². The lowest BCUT2D eigenvalue weighted by molar-refractivity contribution is -0.154. The summed E-state index contributed by atoms with van der Waals surface area (Å²) in [4.78, 5) is 81.0. The molecule has 0 bridgehead atoms. The van der Waals surface area contributed by atoms with Crippen LogP contribution < -0.4 is 4.90 Å². The van der Waals surface area contributed by atoms with E-state index in [-0.39, 0.29) is 29.2 Å². The van der Waals surface area contributed by atoms with Gasteiger partial charge in [0, 0.05) is 11.1 Å². The Bertz CT molecular complexity index is 1340. The van der Waals surface area contributed by atoms with Gasteiger partial charge in [-0.25, -0.2) is 5.01 Å². The number of amides is 5. The quantitative estimate of drug-likeness (QED) is 0.406. The molecule has 4 fully saturated rings. The number of nitrogens with zero attached hydrogens (tertiary/aromatic N) is 3. The standard InChI is InChI=1S/C31H31N3O6/c35-26(19-8-2-1-3-9-19)18-32(34-30(39)24-12-6-7-13-25(24)31(34)40)27(36)20-14-16-21(17-15-20)33-28(37)22-10-4-5-11-23(22)29(33)38/h1-3,8-9,14-17,22-25H,4-7,10-13,18H2/t22-,23-,24-,25+/m1/s1. The van der Waals surface area contributed by atoms with Crippen LogP contribution in [0.3, 0.4) is 0 Å². The largest absolute Gasteiger partial charge is 0.292 e. The molecule has 40 heavy (non-hydrogen) atoms. The predicted molar refractivity (Wildman–Crippen MR) is 143 cm³/mol. The van der Waals surface area contributed by atoms with Crippen LogP contribution in [-0.2, 0) is 19.2 Å². The monoisotopic (exact) mass is 541 g/mol. The Morgan fingerprint density at radius 3 is 1.60 bits per heavy atom. The van der Waals surface area contributed by atoms with Gasteiger partial charge in [-0.05, 0) is 49.9 Å². The summed E-state index contributed by atoms with van der Waals surface area (Å²) in [6, 6.07) is 14.4. The van der Waals surface area contributed by atoms with Gasteiger partial charge < -0.3 is 0 Å². The Kier molecular flexibility index (Phi) is 6.82. The SMILES string of the molecule is O=C(CN(C(=O)c1ccc(N2C(=O)[C@@H]3CCCC[C@H]3C2=O)cc1)N1C(=O)[C@H]2CCCC[C@H]2C1=O)c1ccccc1. The van der Waals surface area contributed by atoms with Crippen LogP contribution in [-0.4, -0.2) is 51.9 Å². The fourth-order valence-electron chi connectivity index (χ4n) is 6.79. The summed E-state index contributed by atoms with van der Waals surface area (Å²) < 4.78 is 0. The van der Waals surface area contributed by atoms with E-state index in [4.69, 9.17) is 0 Å². The number of benzene rings is 2. The van der Waals surface area contributed by atoms with Crippen molar-refractivity contribution in [1.82, 2.24) is 10.0 Å². The molecular weight excluding hydrogens is 510 g/mol. The third kappa shape index (κ3) is 4.33. The number of carbonyl (C=O) groups is 6. The molecule has 0 N–H and O–H groups in total. The molecule has 6 rings (SSSR count). The lowest BCUT2D eigenvalue weighted by atomic mass is 9.81. The maximum Gasteiger partial charge on any atom is 0.273 e. The lowest BCUT2D eigenvalue weighted by Gasteiger charge is -2.30. The van der Waals surface area contributed by atoms with Gasteiger partial charge in [0.2, 0.25) is 11.8 Å². The number of fused-ring (bicyclic) bond motifs is 2. The first-order valence-electron chi connectivity index (χ1n) is 14.1. The van der Waals surface area contributed by atoms with Gasteiger partial charge in [-0.2, -0.15) is 5.01 Å². The Balaban J connectivity index is 1.29. The first kappa shape index (κ1) is 26.1. The van der Waals surface area contributed by atoms with Gasteiger partial charge in [0.1, 0.15) is 6.54 Å². The molecule has 0 spiro atoms. The van der Waals surface area contributed by atoms with Crippen molar-refractivity contribution in [2.24, 2.45) is 23.7 Å². The maximum absolute atomic E-state index is 13.8. The highest BCUT2D eigenvalue weighted by Gasteiger charge is 2.52. The van der Waals surface area contributed by atoms with Gasteiger partial charge in [0.15, 0.2) is 5.78 Å². The van der Waals surface area contributed by atoms with E-state index in [1.807, 2.05) is 0 Å². The minimum atomic E-state index is -0.677. The molecule has 2 aromatic rings. The number of imide groups is 2. The van der Waals surface area contributed by atoms with Crippen LogP contribution in [0.2, 0.25) is 0 Å². The van der Waals surface area contributed by atoms with E-state index in [1.165, 1.54) is 29.2 Å². The first-order valence-corrected chi connectivity index (χ1v) is 14.1. The molecule has 2 saturated heterocycles. The van der Waals surface area contributed by atoms with E-state index in [1.54, 1.807) is 30.3 Å². The van der Waals surface area contributed by atoms with Crippen LogP contribution in [0.4, 0.5) is 5.69 Å². The summed E-state index contributed by atoms with van der Waals surface area (Å²) in [5, 5.41) is 1.85. The highest BCUT2D eigenvalue weighted by molar-refractivity contribution is 6.22. The molecule has 206 valence electrons. The topological polar surface area (TPSA) is 112 Å². The summed E-state index contributed by atoms with van der Waals surface area (Å²) in [5.41, 5.74) is 0.878. The number of ketones is 1. The van der Waals surface area contributed by atoms with Crippen LogP contribution in [0.5, 0.6) is 0 Å². The third-order valence-electron chi connectivity index (χ3n) is 8.90. The molecule has 2 saturated carbocycles. The second kappa shape index (κ2) is 10.4. The molecule has 4 atom stereocenters. The lowest BCUT2D eigenvalue weighted by Crippen LogP contribution is -2.52. The predicted octanol–water partition coefficient (Wildman–Crippen LogP) is 3.78. The number of anilines is 1. The molecule has 4 aliphatic rings. The molecule has 2 heterocycles. The molecule has 2 aliphatic carbocycles. The summed E-state index contributed by atoms with van der Waals surface area (Å²) in [6.45, 7) is -0.478. The first-order chi connectivity index (χ1) is 19.4. The third-order valence-corrected chi connectivity index (χ3v) is 8.90. The van der Waals surface area contributed by atoms with Crippen molar-refractivity contribution in [3.63, 3.8) is 0 Å². The zero-order chi connectivity index (χ0) is 28.0. The summed E-state index contributed by atoms with van der Waals surface area (Å²) >= 11 is 0. The van der Waals surface area contributed by atoms with Crippen molar-refractivity contribution in [3.8, 4) is 0 Å². The normalized spacial score (nSPS) is 26.1. The smallest absolute Gasteiger partial charge is 0.273 e. The van der Waals surface area contributed by atoms with Crippen molar-refractivity contribution in [1.29, 1.82) is 0 Å². The zero-order valence-electron chi connectivity index (χ0n) is 22.2. The average Bonchev–Trinajstić information content (AvgIpc) is 3.40. The number of hydrogen-bond donors (Lipinski definition) is 0. The summed E-state index contributed by atoms with van der Waals surface area (Å²) in [7, 11) is 0. The van der Waals surface area contributed by atoms with Crippen molar-refractivity contribution in [2.45, 2.75) is 51.4 Å². The van der Waals surface area contributed by atoms with Gasteiger partial charge >= 0.3 is 0 Å². The average molecular weight is 542 g/mol. The van der Waals surface area contributed by atoms with Crippen LogP contribution >= 0.6 is 0 Å². The van der Waals surface area contributed by atoms with E-state index in [0.29, 0.717) is 36.9 Å². The van der Waals surface area contributed by atoms with Crippen molar-refractivity contribution >= 4 is 41.0 Å². The Labute approximate surface area is 232 Å². The number of hydrazine groups is 1. The number of rotatable bonds is 6. The minimum absolute atomic E-state index is 0.136. The summed E-state index contributed by atoms with van der Waals surface area (Å²) in [5.74, 6) is -3.95. The highest BCUT2D eigenvalue weighted by atomic mass is 16.2. The van der Waals surface area contributed by atoms with E-state index < -0.39 is 41.9 Å². The molecule has 5 amide bonds. The molecule has 0 unspecified atom stereocenters. The van der Waals surface area contributed by atoms with Gasteiger partial charge in [-0.15, -0.1) is 0 Å². The maximum atomic E-state index is 13.8. The van der Waals surface area contributed by atoms with Crippen LogP contribution in [0, 0.1) is 23.7 Å². The Hall–Kier alpha value is -4.14. The van der Waals surface area contributed by atoms with E-state index in [9.17, 15) is 28.8 Å². The van der Waals surface area contributed by atoms with E-state index in [0.717, 1.165) is 35.7 Å². The zero-order valence-corrected chi connectivity index (χ0v) is 22.2. The fourth-order valence-corrected chi connectivity index (χ4v) is 6.79. The van der Waals surface area contributed by atoms with Gasteiger partial charge in [0.05, 0.1) is 29.4 Å². The molecule has 9 heteroatoms. The molecule has 0 aromatic heterocycles. The minimum Gasteiger partial charge on any atom is -0.292 e. The van der Waals surface area contributed by atoms with Crippen LogP contribution in [0.25, 0.3) is 0 Å². The van der Waals surface area contributed by atoms with Gasteiger partial charge in [-0.1, -0.05) is 56.0 Å². The summed E-state index contributed by atoms with van der Waals surface area (Å²) in [6.07, 6.45) is 6.08. The highest BCUT2D eigenvalue weighted by Crippen LogP contribution is 2.41. The number of carbonyl (C=O) groups excluding carboxylic acids is 6. The molecular formula is C31H31N3O6. The van der Waals surface area contributed by atoms with Gasteiger partial charge in [0.25, 0.3) is 17.7 Å². The van der Waals surface area contributed by atoms with Crippen LogP contribution in [0.15, 0.2) is 54.6 Å². The second-order valence-electron chi connectivity index (χ2n) is 11.2. The molecule has 2 aromatic carbocycles. The van der Waals surface area contributed by atoms with Gasteiger partial charge in [-0.3, -0.25) is 33.7 Å². The molecule has 9 nitrogen and oxygen atoms in total. The van der Waals surface area contributed by atoms with Crippen molar-refractivity contribution in [2.75, 3.05) is 11.4 Å². The molecule has 2 aliphatic heterocycles.